The molecule has 0 spiro atoms. The van der Waals surface area contributed by atoms with E-state index in [1.54, 1.807) is 24.3 Å². The lowest BCUT2D eigenvalue weighted by molar-refractivity contribution is 0.0461. The van der Waals surface area contributed by atoms with Crippen molar-refractivity contribution in [1.29, 1.82) is 0 Å². The monoisotopic (exact) mass is 262 g/mol. The number of alkyl halides is 2. The van der Waals surface area contributed by atoms with Gasteiger partial charge in [0, 0.05) is 11.1 Å². The van der Waals surface area contributed by atoms with Crippen LogP contribution in [0.1, 0.15) is 37.5 Å². The Labute approximate surface area is 114 Å². The van der Waals surface area contributed by atoms with Gasteiger partial charge >= 0.3 is 0 Å². The van der Waals surface area contributed by atoms with Crippen LogP contribution < -0.4 is 0 Å². The highest BCUT2D eigenvalue weighted by molar-refractivity contribution is 5.86. The molecule has 0 aliphatic heterocycles. The van der Waals surface area contributed by atoms with Crippen LogP contribution >= 0.6 is 0 Å². The Bertz CT molecular complexity index is 534. The number of hydrogen-bond donors (Lipinski definition) is 0. The molecule has 0 bridgehead atoms. The van der Waals surface area contributed by atoms with Crippen molar-refractivity contribution in [3.05, 3.63) is 65.3 Å². The van der Waals surface area contributed by atoms with Crippen LogP contribution in [0.2, 0.25) is 0 Å². The molecular formula is C17H20F2. The molecule has 0 saturated carbocycles. The summed E-state index contributed by atoms with van der Waals surface area (Å²) < 4.78 is 28.3. The first-order valence-corrected chi connectivity index (χ1v) is 6.51. The van der Waals surface area contributed by atoms with Crippen LogP contribution in [-0.2, 0) is 5.92 Å². The molecule has 2 rings (SSSR count). The summed E-state index contributed by atoms with van der Waals surface area (Å²) >= 11 is 0. The first-order chi connectivity index (χ1) is 9.02. The number of rotatable bonds is 2. The molecule has 0 amide bonds. The zero-order valence-corrected chi connectivity index (χ0v) is 11.9. The lowest BCUT2D eigenvalue weighted by Gasteiger charge is -2.13. The predicted octanol–water partition coefficient (Wildman–Crippen LogP) is 5.64. The van der Waals surface area contributed by atoms with Gasteiger partial charge in [0.2, 0.25) is 0 Å². The van der Waals surface area contributed by atoms with E-state index in [-0.39, 0.29) is 11.1 Å². The molecule has 102 valence electrons. The summed E-state index contributed by atoms with van der Waals surface area (Å²) in [5.74, 6) is -2.93. The highest BCUT2D eigenvalue weighted by Crippen LogP contribution is 2.49. The summed E-state index contributed by atoms with van der Waals surface area (Å²) in [5.41, 5.74) is 2.24. The maximum Gasteiger partial charge on any atom is 0.299 e. The molecule has 0 nitrogen and oxygen atoms in total. The highest BCUT2D eigenvalue weighted by Gasteiger charge is 2.44. The molecule has 1 aromatic carbocycles. The standard InChI is InChI=1S/C15H14F2.C2H6/c1-4-6-11-12-9-10(3)7-8-14(12)15(16,17)13(11)5-2;1-2/h4-9H,2H2,1,3H3;1-2H3/b6-4-;. The topological polar surface area (TPSA) is 0 Å². The van der Waals surface area contributed by atoms with Gasteiger partial charge in [-0.2, -0.15) is 8.78 Å². The number of fused-ring (bicyclic) bond motifs is 1. The summed E-state index contributed by atoms with van der Waals surface area (Å²) in [7, 11) is 0. The van der Waals surface area contributed by atoms with E-state index in [9.17, 15) is 8.78 Å². The van der Waals surface area contributed by atoms with Crippen molar-refractivity contribution >= 4 is 5.57 Å². The number of benzene rings is 1. The minimum Gasteiger partial charge on any atom is -0.196 e. The molecule has 0 atom stereocenters. The van der Waals surface area contributed by atoms with E-state index in [1.807, 2.05) is 27.7 Å². The summed E-state index contributed by atoms with van der Waals surface area (Å²) in [6, 6.07) is 5.02. The second-order valence-corrected chi connectivity index (χ2v) is 4.15. The molecular weight excluding hydrogens is 242 g/mol. The molecule has 1 aliphatic carbocycles. The summed E-state index contributed by atoms with van der Waals surface area (Å²) in [6.07, 6.45) is 4.74. The Morgan fingerprint density at radius 1 is 1.21 bits per heavy atom. The summed E-state index contributed by atoms with van der Waals surface area (Å²) in [4.78, 5) is 0. The molecule has 0 unspecified atom stereocenters. The maximum atomic E-state index is 14.1. The van der Waals surface area contributed by atoms with E-state index >= 15 is 0 Å². The van der Waals surface area contributed by atoms with Gasteiger partial charge in [0.15, 0.2) is 0 Å². The van der Waals surface area contributed by atoms with Gasteiger partial charge in [-0.15, -0.1) is 0 Å². The molecule has 19 heavy (non-hydrogen) atoms. The minimum absolute atomic E-state index is 0.00352. The molecule has 2 heteroatoms. The van der Waals surface area contributed by atoms with Crippen molar-refractivity contribution in [2.24, 2.45) is 0 Å². The quantitative estimate of drug-likeness (QED) is 0.646. The van der Waals surface area contributed by atoms with Crippen LogP contribution in [0.3, 0.4) is 0 Å². The molecule has 0 N–H and O–H groups in total. The number of aryl methyl sites for hydroxylation is 1. The first-order valence-electron chi connectivity index (χ1n) is 6.51. The Hall–Kier alpha value is -1.70. The van der Waals surface area contributed by atoms with E-state index < -0.39 is 5.92 Å². The average molecular weight is 262 g/mol. The number of halogens is 2. The molecule has 0 saturated heterocycles. The normalized spacial score (nSPS) is 16.1. The van der Waals surface area contributed by atoms with Crippen LogP contribution in [0.4, 0.5) is 8.78 Å². The third-order valence-corrected chi connectivity index (χ3v) is 2.97. The molecule has 0 fully saturated rings. The molecule has 0 radical (unpaired) electrons. The zero-order chi connectivity index (χ0) is 14.6. The van der Waals surface area contributed by atoms with Crippen LogP contribution in [0.25, 0.3) is 5.57 Å². The third-order valence-electron chi connectivity index (χ3n) is 2.97. The fraction of sp³-hybridized carbons (Fsp3) is 0.294. The second-order valence-electron chi connectivity index (χ2n) is 4.15. The largest absolute Gasteiger partial charge is 0.299 e. The maximum absolute atomic E-state index is 14.1. The van der Waals surface area contributed by atoms with E-state index in [0.717, 1.165) is 5.56 Å². The van der Waals surface area contributed by atoms with Gasteiger partial charge in [-0.25, -0.2) is 0 Å². The van der Waals surface area contributed by atoms with Crippen molar-refractivity contribution in [2.75, 3.05) is 0 Å². The SMILES string of the molecule is C=CC1=C(/C=C\C)c2cc(C)ccc2C1(F)F.CC. The number of hydrogen-bond acceptors (Lipinski definition) is 0. The van der Waals surface area contributed by atoms with Crippen molar-refractivity contribution in [3.8, 4) is 0 Å². The van der Waals surface area contributed by atoms with Crippen LogP contribution in [0, 0.1) is 6.92 Å². The fourth-order valence-corrected chi connectivity index (χ4v) is 2.20. The molecule has 0 aromatic heterocycles. The Kier molecular flexibility index (Phi) is 4.82. The Morgan fingerprint density at radius 2 is 1.84 bits per heavy atom. The average Bonchev–Trinajstić information content (AvgIpc) is 2.60. The van der Waals surface area contributed by atoms with Crippen LogP contribution in [0.15, 0.2) is 48.6 Å². The van der Waals surface area contributed by atoms with Gasteiger partial charge in [0.25, 0.3) is 5.92 Å². The van der Waals surface area contributed by atoms with E-state index in [1.165, 1.54) is 12.1 Å². The Morgan fingerprint density at radius 3 is 2.37 bits per heavy atom. The van der Waals surface area contributed by atoms with E-state index in [0.29, 0.717) is 11.1 Å². The van der Waals surface area contributed by atoms with Gasteiger partial charge in [-0.1, -0.05) is 62.4 Å². The number of allylic oxidation sites excluding steroid dienone is 5. The van der Waals surface area contributed by atoms with Gasteiger partial charge in [0.1, 0.15) is 0 Å². The van der Waals surface area contributed by atoms with E-state index in [2.05, 4.69) is 6.58 Å². The van der Waals surface area contributed by atoms with Gasteiger partial charge in [0.05, 0.1) is 0 Å². The van der Waals surface area contributed by atoms with E-state index in [4.69, 9.17) is 0 Å². The van der Waals surface area contributed by atoms with Gasteiger partial charge < -0.3 is 0 Å². The lowest BCUT2D eigenvalue weighted by atomic mass is 10.0. The first kappa shape index (κ1) is 15.4. The van der Waals surface area contributed by atoms with Crippen molar-refractivity contribution in [1.82, 2.24) is 0 Å². The zero-order valence-electron chi connectivity index (χ0n) is 11.9. The van der Waals surface area contributed by atoms with Crippen LogP contribution in [-0.4, -0.2) is 0 Å². The summed E-state index contributed by atoms with van der Waals surface area (Å²) in [5, 5.41) is 0. The second kappa shape index (κ2) is 5.96. The minimum atomic E-state index is -2.93. The fourth-order valence-electron chi connectivity index (χ4n) is 2.20. The van der Waals surface area contributed by atoms with Crippen molar-refractivity contribution in [2.45, 2.75) is 33.6 Å². The Balaban J connectivity index is 0.000000861. The van der Waals surface area contributed by atoms with Crippen molar-refractivity contribution in [3.63, 3.8) is 0 Å². The molecule has 1 aliphatic rings. The van der Waals surface area contributed by atoms with Crippen molar-refractivity contribution < 1.29 is 8.78 Å². The highest BCUT2D eigenvalue weighted by atomic mass is 19.3. The lowest BCUT2D eigenvalue weighted by Crippen LogP contribution is -2.11. The molecule has 1 aromatic rings. The van der Waals surface area contributed by atoms with Gasteiger partial charge in [-0.05, 0) is 25.0 Å². The predicted molar refractivity (Wildman–Crippen MR) is 78.4 cm³/mol. The third kappa shape index (κ3) is 2.53. The smallest absolute Gasteiger partial charge is 0.196 e. The summed E-state index contributed by atoms with van der Waals surface area (Å²) in [6.45, 7) is 11.2. The molecule has 0 heterocycles. The van der Waals surface area contributed by atoms with Crippen LogP contribution in [0.5, 0.6) is 0 Å². The van der Waals surface area contributed by atoms with Gasteiger partial charge in [-0.3, -0.25) is 0 Å².